The molecule has 0 aromatic heterocycles. The second-order valence-electron chi connectivity index (χ2n) is 3.08. The lowest BCUT2D eigenvalue weighted by atomic mass is 10.0. The van der Waals surface area contributed by atoms with Gasteiger partial charge in [0.25, 0.3) is 0 Å². The third-order valence-corrected chi connectivity index (χ3v) is 1.95. The van der Waals surface area contributed by atoms with E-state index in [-0.39, 0.29) is 5.56 Å². The number of alkyl halides is 3. The Morgan fingerprint density at radius 1 is 1.41 bits per heavy atom. The Balaban J connectivity index is 3.13. The van der Waals surface area contributed by atoms with Gasteiger partial charge in [-0.15, -0.1) is 4.91 Å². The van der Waals surface area contributed by atoms with Crippen molar-refractivity contribution in [1.29, 1.82) is 5.26 Å². The van der Waals surface area contributed by atoms with Gasteiger partial charge >= 0.3 is 6.18 Å². The lowest BCUT2D eigenvalue weighted by molar-refractivity contribution is -0.137. The highest BCUT2D eigenvalue weighted by atomic mass is 19.4. The van der Waals surface area contributed by atoms with Crippen molar-refractivity contribution in [3.05, 3.63) is 40.3 Å². The second-order valence-corrected chi connectivity index (χ2v) is 3.08. The monoisotopic (exact) mass is 242 g/mol. The Morgan fingerprint density at radius 2 is 2.06 bits per heavy atom. The van der Waals surface area contributed by atoms with Gasteiger partial charge in [0.2, 0.25) is 11.8 Å². The van der Waals surface area contributed by atoms with E-state index < -0.39 is 23.6 Å². The summed E-state index contributed by atoms with van der Waals surface area (Å²) in [6, 6.07) is 2.96. The molecule has 1 atom stereocenters. The van der Waals surface area contributed by atoms with Crippen LogP contribution in [0, 0.1) is 16.2 Å². The molecular formula is C10H5F3N2O2. The van der Waals surface area contributed by atoms with Crippen molar-refractivity contribution in [3.8, 4) is 6.07 Å². The first-order chi connectivity index (χ1) is 7.90. The average molecular weight is 242 g/mol. The van der Waals surface area contributed by atoms with E-state index in [4.69, 9.17) is 5.26 Å². The van der Waals surface area contributed by atoms with E-state index in [2.05, 4.69) is 5.18 Å². The summed E-state index contributed by atoms with van der Waals surface area (Å²) in [5.41, 5.74) is -1.39. The molecule has 4 nitrogen and oxygen atoms in total. The molecule has 0 aliphatic heterocycles. The standard InChI is InChI=1S/C10H5F3N2O2/c11-10(12,13)7-3-1-2-6(4-7)9(16)8(5-14)15-17/h1-4,8H. The number of nitrogens with zero attached hydrogens (tertiary/aromatic N) is 2. The Kier molecular flexibility index (Phi) is 3.58. The Morgan fingerprint density at radius 3 is 2.53 bits per heavy atom. The van der Waals surface area contributed by atoms with Crippen LogP contribution in [-0.2, 0) is 6.18 Å². The molecule has 0 aliphatic carbocycles. The van der Waals surface area contributed by atoms with Gasteiger partial charge in [-0.1, -0.05) is 12.1 Å². The number of halogens is 3. The first-order valence-electron chi connectivity index (χ1n) is 4.33. The van der Waals surface area contributed by atoms with Crippen molar-refractivity contribution >= 4 is 5.78 Å². The van der Waals surface area contributed by atoms with Crippen LogP contribution in [0.15, 0.2) is 29.4 Å². The average Bonchev–Trinajstić information content (AvgIpc) is 2.29. The van der Waals surface area contributed by atoms with Gasteiger partial charge in [-0.3, -0.25) is 4.79 Å². The van der Waals surface area contributed by atoms with Gasteiger partial charge in [-0.25, -0.2) is 0 Å². The molecule has 17 heavy (non-hydrogen) atoms. The van der Waals surface area contributed by atoms with Crippen LogP contribution in [0.25, 0.3) is 0 Å². The minimum Gasteiger partial charge on any atom is -0.290 e. The second kappa shape index (κ2) is 4.74. The molecule has 0 saturated carbocycles. The van der Waals surface area contributed by atoms with Crippen LogP contribution in [0.5, 0.6) is 0 Å². The van der Waals surface area contributed by atoms with E-state index in [1.165, 1.54) is 6.07 Å². The third-order valence-electron chi connectivity index (χ3n) is 1.95. The van der Waals surface area contributed by atoms with Crippen LogP contribution in [-0.4, -0.2) is 11.8 Å². The number of benzene rings is 1. The first-order valence-corrected chi connectivity index (χ1v) is 4.33. The van der Waals surface area contributed by atoms with Crippen molar-refractivity contribution in [2.75, 3.05) is 0 Å². The van der Waals surface area contributed by atoms with Crippen LogP contribution in [0.2, 0.25) is 0 Å². The first kappa shape index (κ1) is 12.8. The van der Waals surface area contributed by atoms with Gasteiger partial charge in [0.15, 0.2) is 0 Å². The molecule has 1 aromatic rings. The largest absolute Gasteiger partial charge is 0.416 e. The predicted octanol–water partition coefficient (Wildman–Crippen LogP) is 2.55. The van der Waals surface area contributed by atoms with Crippen molar-refractivity contribution in [2.24, 2.45) is 5.18 Å². The van der Waals surface area contributed by atoms with Crippen LogP contribution in [0.1, 0.15) is 15.9 Å². The minimum absolute atomic E-state index is 0.369. The van der Waals surface area contributed by atoms with E-state index in [0.717, 1.165) is 18.2 Å². The normalized spacial score (nSPS) is 12.6. The predicted molar refractivity (Wildman–Crippen MR) is 51.0 cm³/mol. The molecule has 0 bridgehead atoms. The zero-order valence-corrected chi connectivity index (χ0v) is 8.23. The topological polar surface area (TPSA) is 70.3 Å². The fraction of sp³-hybridized carbons (Fsp3) is 0.200. The Hall–Kier alpha value is -2.23. The smallest absolute Gasteiger partial charge is 0.290 e. The van der Waals surface area contributed by atoms with Crippen LogP contribution in [0.3, 0.4) is 0 Å². The minimum atomic E-state index is -4.59. The molecule has 1 unspecified atom stereocenters. The molecule has 0 radical (unpaired) electrons. The summed E-state index contributed by atoms with van der Waals surface area (Å²) in [6.07, 6.45) is -4.59. The molecule has 1 aromatic carbocycles. The van der Waals surface area contributed by atoms with Gasteiger partial charge in [-0.2, -0.15) is 18.4 Å². The molecule has 0 heterocycles. The maximum atomic E-state index is 12.3. The fourth-order valence-corrected chi connectivity index (χ4v) is 1.14. The molecule has 0 spiro atoms. The molecule has 0 N–H and O–H groups in total. The van der Waals surface area contributed by atoms with E-state index >= 15 is 0 Å². The Bertz CT molecular complexity index is 491. The third kappa shape index (κ3) is 2.87. The number of rotatable bonds is 3. The van der Waals surface area contributed by atoms with E-state index in [1.54, 1.807) is 0 Å². The van der Waals surface area contributed by atoms with Gasteiger partial charge in [-0.05, 0) is 17.3 Å². The highest BCUT2D eigenvalue weighted by Gasteiger charge is 2.31. The number of ketones is 1. The molecule has 0 aliphatic rings. The zero-order chi connectivity index (χ0) is 13.1. The maximum absolute atomic E-state index is 12.3. The lowest BCUT2D eigenvalue weighted by Gasteiger charge is -2.07. The SMILES string of the molecule is N#CC(N=O)C(=O)c1cccc(C(F)(F)F)c1. The van der Waals surface area contributed by atoms with Gasteiger partial charge < -0.3 is 0 Å². The highest BCUT2D eigenvalue weighted by molar-refractivity contribution is 6.02. The number of hydrogen-bond donors (Lipinski definition) is 0. The zero-order valence-electron chi connectivity index (χ0n) is 8.23. The van der Waals surface area contributed by atoms with Crippen molar-refractivity contribution in [2.45, 2.75) is 12.2 Å². The van der Waals surface area contributed by atoms with Gasteiger partial charge in [0.05, 0.1) is 5.56 Å². The number of nitriles is 1. The molecule has 0 saturated heterocycles. The van der Waals surface area contributed by atoms with Crippen molar-refractivity contribution < 1.29 is 18.0 Å². The molecular weight excluding hydrogens is 237 g/mol. The summed E-state index contributed by atoms with van der Waals surface area (Å²) in [5.74, 6) is -1.05. The van der Waals surface area contributed by atoms with E-state index in [1.807, 2.05) is 0 Å². The summed E-state index contributed by atoms with van der Waals surface area (Å²) in [4.78, 5) is 21.5. The molecule has 88 valence electrons. The van der Waals surface area contributed by atoms with Crippen LogP contribution in [0.4, 0.5) is 13.2 Å². The van der Waals surface area contributed by atoms with Crippen molar-refractivity contribution in [3.63, 3.8) is 0 Å². The van der Waals surface area contributed by atoms with E-state index in [0.29, 0.717) is 6.07 Å². The lowest BCUT2D eigenvalue weighted by Crippen LogP contribution is -2.17. The van der Waals surface area contributed by atoms with Crippen LogP contribution >= 0.6 is 0 Å². The Labute approximate surface area is 93.6 Å². The molecule has 0 fully saturated rings. The maximum Gasteiger partial charge on any atom is 0.416 e. The molecule has 1 rings (SSSR count). The highest BCUT2D eigenvalue weighted by Crippen LogP contribution is 2.29. The van der Waals surface area contributed by atoms with E-state index in [9.17, 15) is 22.9 Å². The quantitative estimate of drug-likeness (QED) is 0.604. The summed E-state index contributed by atoms with van der Waals surface area (Å²) in [7, 11) is 0. The number of hydrogen-bond acceptors (Lipinski definition) is 4. The number of carbonyl (C=O) groups excluding carboxylic acids is 1. The summed E-state index contributed by atoms with van der Waals surface area (Å²) < 4.78 is 37.0. The fourth-order valence-electron chi connectivity index (χ4n) is 1.14. The molecule has 0 amide bonds. The van der Waals surface area contributed by atoms with Gasteiger partial charge in [0, 0.05) is 5.56 Å². The van der Waals surface area contributed by atoms with Crippen LogP contribution < -0.4 is 0 Å². The summed E-state index contributed by atoms with van der Waals surface area (Å²) in [6.45, 7) is 0. The van der Waals surface area contributed by atoms with Crippen molar-refractivity contribution in [1.82, 2.24) is 0 Å². The molecule has 7 heteroatoms. The number of carbonyl (C=O) groups is 1. The van der Waals surface area contributed by atoms with Gasteiger partial charge in [0.1, 0.15) is 6.07 Å². The summed E-state index contributed by atoms with van der Waals surface area (Å²) >= 11 is 0. The summed E-state index contributed by atoms with van der Waals surface area (Å²) in [5, 5.41) is 10.6. The number of nitroso groups, excluding NO2 is 1. The number of Topliss-reactive ketones (excluding diaryl/α,β-unsaturated/α-hetero) is 1.